The molecule has 13 heteroatoms. The monoisotopic (exact) mass is 757 g/mol. The third-order valence-corrected chi connectivity index (χ3v) is 8.86. The first-order valence-electron chi connectivity index (χ1n) is 20.1. The van der Waals surface area contributed by atoms with E-state index in [9.17, 15) is 33.9 Å². The van der Waals surface area contributed by atoms with Gasteiger partial charge in [0, 0.05) is 51.2 Å². The number of carbonyl (C=O) groups excluding carboxylic acids is 4. The Hall–Kier alpha value is -2.74. The first-order valence-corrected chi connectivity index (χ1v) is 20.1. The molecule has 0 bridgehead atoms. The van der Waals surface area contributed by atoms with Gasteiger partial charge < -0.3 is 34.5 Å². The molecule has 0 rings (SSSR count). The number of ketones is 3. The number of carbonyl (C=O) groups is 6. The molecule has 0 fully saturated rings. The zero-order valence-corrected chi connectivity index (χ0v) is 32.8. The fourth-order valence-corrected chi connectivity index (χ4v) is 5.57. The molecule has 53 heavy (non-hydrogen) atoms. The van der Waals surface area contributed by atoms with Gasteiger partial charge in [0.05, 0.1) is 39.0 Å². The molecular formula is C40H71NO12. The maximum absolute atomic E-state index is 12.1. The summed E-state index contributed by atoms with van der Waals surface area (Å²) in [6, 6.07) is 0. The van der Waals surface area contributed by atoms with Crippen LogP contribution in [0.25, 0.3) is 0 Å². The minimum absolute atomic E-state index is 0.0263. The molecule has 0 spiro atoms. The number of aliphatic carboxylic acids is 2. The average molecular weight is 758 g/mol. The molecule has 0 radical (unpaired) electrons. The van der Waals surface area contributed by atoms with Crippen molar-refractivity contribution in [2.75, 3.05) is 59.4 Å². The smallest absolute Gasteiger partial charge is 0.306 e. The van der Waals surface area contributed by atoms with Crippen LogP contribution in [0.1, 0.15) is 149 Å². The van der Waals surface area contributed by atoms with Crippen LogP contribution in [0.15, 0.2) is 0 Å². The van der Waals surface area contributed by atoms with E-state index in [1.165, 1.54) is 57.8 Å². The number of carboxylic acid groups (broad SMARTS) is 2. The van der Waals surface area contributed by atoms with Crippen LogP contribution in [-0.4, -0.2) is 105 Å². The molecule has 0 heterocycles. The number of hydrogen-bond donors (Lipinski definition) is 3. The Labute approximate surface area is 318 Å². The Bertz CT molecular complexity index is 987. The summed E-state index contributed by atoms with van der Waals surface area (Å²) < 4.78 is 21.4. The van der Waals surface area contributed by atoms with Crippen LogP contribution in [0.5, 0.6) is 0 Å². The molecule has 13 nitrogen and oxygen atoms in total. The Morgan fingerprint density at radius 1 is 0.509 bits per heavy atom. The highest BCUT2D eigenvalue weighted by Crippen LogP contribution is 2.16. The van der Waals surface area contributed by atoms with Gasteiger partial charge in [-0.3, -0.25) is 28.8 Å². The van der Waals surface area contributed by atoms with Gasteiger partial charge in [-0.2, -0.15) is 0 Å². The highest BCUT2D eigenvalue weighted by atomic mass is 16.5. The zero-order valence-electron chi connectivity index (χ0n) is 32.8. The summed E-state index contributed by atoms with van der Waals surface area (Å²) in [7, 11) is 0. The number of hydrogen-bond acceptors (Lipinski definition) is 10. The van der Waals surface area contributed by atoms with E-state index in [0.717, 1.165) is 32.1 Å². The Kier molecular flexibility index (Phi) is 34.4. The molecule has 0 aromatic carbocycles. The summed E-state index contributed by atoms with van der Waals surface area (Å²) in [5, 5.41) is 20.6. The van der Waals surface area contributed by atoms with Crippen molar-refractivity contribution in [1.29, 1.82) is 0 Å². The van der Waals surface area contributed by atoms with E-state index < -0.39 is 17.9 Å². The first kappa shape index (κ1) is 50.3. The van der Waals surface area contributed by atoms with Gasteiger partial charge in [0.15, 0.2) is 5.78 Å². The molecule has 0 aromatic rings. The Morgan fingerprint density at radius 3 is 1.51 bits per heavy atom. The normalized spacial score (nSPS) is 11.8. The van der Waals surface area contributed by atoms with Crippen LogP contribution < -0.4 is 5.32 Å². The van der Waals surface area contributed by atoms with Crippen LogP contribution in [0, 0.1) is 11.8 Å². The van der Waals surface area contributed by atoms with Crippen LogP contribution in [0.2, 0.25) is 0 Å². The lowest BCUT2D eigenvalue weighted by atomic mass is 9.93. The van der Waals surface area contributed by atoms with Crippen molar-refractivity contribution in [1.82, 2.24) is 5.32 Å². The molecular weight excluding hydrogens is 686 g/mol. The Morgan fingerprint density at radius 2 is 0.981 bits per heavy atom. The second kappa shape index (κ2) is 36.2. The number of nitrogens with one attached hydrogen (secondary N) is 1. The maximum atomic E-state index is 12.1. The number of amides is 1. The van der Waals surface area contributed by atoms with E-state index in [2.05, 4.69) is 5.32 Å². The quantitative estimate of drug-likeness (QED) is 0.0574. The van der Waals surface area contributed by atoms with E-state index in [1.54, 1.807) is 13.8 Å². The number of rotatable bonds is 41. The van der Waals surface area contributed by atoms with E-state index in [1.807, 2.05) is 0 Å². The molecule has 0 saturated heterocycles. The maximum Gasteiger partial charge on any atom is 0.306 e. The highest BCUT2D eigenvalue weighted by molar-refractivity contribution is 5.85. The predicted molar refractivity (Wildman–Crippen MR) is 202 cm³/mol. The summed E-state index contributed by atoms with van der Waals surface area (Å²) in [5.74, 6) is -3.25. The predicted octanol–water partition coefficient (Wildman–Crippen LogP) is 6.51. The van der Waals surface area contributed by atoms with Crippen LogP contribution in [0.4, 0.5) is 0 Å². The molecule has 1 atom stereocenters. The molecule has 0 aliphatic heterocycles. The van der Waals surface area contributed by atoms with Gasteiger partial charge in [-0.15, -0.1) is 0 Å². The summed E-state index contributed by atoms with van der Waals surface area (Å²) in [6.07, 6.45) is 18.5. The number of carboxylic acids is 2. The summed E-state index contributed by atoms with van der Waals surface area (Å²) in [4.78, 5) is 69.7. The molecule has 0 unspecified atom stereocenters. The first-order chi connectivity index (χ1) is 25.5. The molecule has 308 valence electrons. The highest BCUT2D eigenvalue weighted by Gasteiger charge is 2.23. The van der Waals surface area contributed by atoms with Crippen molar-refractivity contribution in [2.45, 2.75) is 149 Å². The van der Waals surface area contributed by atoms with E-state index in [4.69, 9.17) is 24.1 Å². The van der Waals surface area contributed by atoms with Gasteiger partial charge in [-0.25, -0.2) is 0 Å². The van der Waals surface area contributed by atoms with Gasteiger partial charge in [0.25, 0.3) is 0 Å². The summed E-state index contributed by atoms with van der Waals surface area (Å²) in [6.45, 7) is 5.16. The lowest BCUT2D eigenvalue weighted by Gasteiger charge is -2.12. The Balaban J connectivity index is 3.47. The fourth-order valence-electron chi connectivity index (χ4n) is 5.57. The van der Waals surface area contributed by atoms with Crippen molar-refractivity contribution in [2.24, 2.45) is 11.8 Å². The third-order valence-electron chi connectivity index (χ3n) is 8.86. The van der Waals surface area contributed by atoms with Gasteiger partial charge in [0.1, 0.15) is 24.8 Å². The van der Waals surface area contributed by atoms with Gasteiger partial charge in [0.2, 0.25) is 5.91 Å². The van der Waals surface area contributed by atoms with Gasteiger partial charge in [-0.05, 0) is 25.7 Å². The zero-order chi connectivity index (χ0) is 39.4. The standard InChI is InChI=1S/C40H71NO12/c1-33(2)37(44)22-21-34(40(48)49)30-36(43)31-52-28-27-51-25-23-41-38(45)32-53-29-26-50-24-17-19-35(42)18-15-13-11-9-7-5-3-4-6-8-10-12-14-16-20-39(46)47/h33-34H,3-32H2,1-2H3,(H,41,45)(H,46,47)(H,48,49)/t34-/m1/s1. The van der Waals surface area contributed by atoms with Crippen molar-refractivity contribution < 1.29 is 57.9 Å². The van der Waals surface area contributed by atoms with Crippen LogP contribution in [-0.2, 0) is 47.7 Å². The number of Topliss-reactive ketones (excluding diaryl/α,β-unsaturated/α-hetero) is 3. The molecule has 0 aliphatic carbocycles. The minimum Gasteiger partial charge on any atom is -0.481 e. The lowest BCUT2D eigenvalue weighted by Crippen LogP contribution is -2.31. The topological polar surface area (TPSA) is 192 Å². The van der Waals surface area contributed by atoms with Crippen molar-refractivity contribution in [3.05, 3.63) is 0 Å². The molecule has 1 amide bonds. The number of unbranched alkanes of at least 4 members (excludes halogenated alkanes) is 13. The summed E-state index contributed by atoms with van der Waals surface area (Å²) in [5.41, 5.74) is 0. The molecule has 0 saturated carbocycles. The third kappa shape index (κ3) is 36.0. The fraction of sp³-hybridized carbons (Fsp3) is 0.850. The molecule has 0 aliphatic rings. The minimum atomic E-state index is -1.10. The van der Waals surface area contributed by atoms with Crippen LogP contribution in [0.3, 0.4) is 0 Å². The SMILES string of the molecule is CC(C)C(=O)CC[C@H](CC(=O)COCCOCCNC(=O)COCCOCCCC(=O)CCCCCCCCCCCCCCCCC(=O)O)C(=O)O. The molecule has 0 aromatic heterocycles. The average Bonchev–Trinajstić information content (AvgIpc) is 3.11. The largest absolute Gasteiger partial charge is 0.481 e. The van der Waals surface area contributed by atoms with E-state index >= 15 is 0 Å². The van der Waals surface area contributed by atoms with Gasteiger partial charge >= 0.3 is 11.9 Å². The summed E-state index contributed by atoms with van der Waals surface area (Å²) >= 11 is 0. The van der Waals surface area contributed by atoms with Crippen LogP contribution >= 0.6 is 0 Å². The number of ether oxygens (including phenoxy) is 4. The van der Waals surface area contributed by atoms with E-state index in [0.29, 0.717) is 38.9 Å². The van der Waals surface area contributed by atoms with Crippen molar-refractivity contribution in [3.8, 4) is 0 Å². The molecule has 3 N–H and O–H groups in total. The van der Waals surface area contributed by atoms with Crippen molar-refractivity contribution in [3.63, 3.8) is 0 Å². The van der Waals surface area contributed by atoms with Crippen molar-refractivity contribution >= 4 is 35.2 Å². The second-order valence-electron chi connectivity index (χ2n) is 14.1. The van der Waals surface area contributed by atoms with Gasteiger partial charge in [-0.1, -0.05) is 90.9 Å². The second-order valence-corrected chi connectivity index (χ2v) is 14.1. The lowest BCUT2D eigenvalue weighted by molar-refractivity contribution is -0.145. The van der Waals surface area contributed by atoms with E-state index in [-0.39, 0.29) is 94.6 Å².